The molecule has 16 nitrogen and oxygen atoms in total. The van der Waals surface area contributed by atoms with Crippen LogP contribution in [-0.2, 0) is 60.4 Å². The summed E-state index contributed by atoms with van der Waals surface area (Å²) in [6, 6.07) is 19.3. The summed E-state index contributed by atoms with van der Waals surface area (Å²) in [5.41, 5.74) is 14.7. The highest BCUT2D eigenvalue weighted by Gasteiger charge is 2.71. The predicted molar refractivity (Wildman–Crippen MR) is 444 cm³/mol. The number of aryl methyl sites for hydroxylation is 4. The average Bonchev–Trinajstić information content (AvgIpc) is 1.26. The average molecular weight is 1660 g/mol. The number of allylic oxidation sites excluding steroid dienone is 4. The quantitative estimate of drug-likeness (QED) is 0.0919. The van der Waals surface area contributed by atoms with Gasteiger partial charge in [0.15, 0.2) is 0 Å². The first kappa shape index (κ1) is 83.7. The van der Waals surface area contributed by atoms with E-state index >= 15 is 19.2 Å². The lowest BCUT2D eigenvalue weighted by Crippen LogP contribution is -2.64. The molecule has 8 aliphatic carbocycles. The Bertz CT molecular complexity index is 4960. The number of H-pyrrole nitrogens is 2. The fraction of sp³-hybridized carbons (Fsp3) is 0.612. The number of nitrogens with zero attached hydrogens (tertiary/aromatic N) is 2. The number of esters is 6. The Balaban J connectivity index is 0.854. The van der Waals surface area contributed by atoms with E-state index in [2.05, 4.69) is 91.3 Å². The van der Waals surface area contributed by atoms with Crippen LogP contribution in [0, 0.1) is 107 Å². The molecule has 14 heterocycles. The zero-order valence-corrected chi connectivity index (χ0v) is 71.8. The van der Waals surface area contributed by atoms with Gasteiger partial charge in [0.1, 0.15) is 36.6 Å². The van der Waals surface area contributed by atoms with Gasteiger partial charge in [-0.25, -0.2) is 29.1 Å². The normalized spacial score (nSPS) is 35.0. The van der Waals surface area contributed by atoms with Crippen LogP contribution in [0.5, 0.6) is 0 Å². The van der Waals surface area contributed by atoms with Gasteiger partial charge >= 0.3 is 48.2 Å². The molecule has 19 aliphatic rings. The number of aromatic nitrogens is 4. The number of nitrogens with one attached hydrogen (secondary N) is 2. The van der Waals surface area contributed by atoms with Crippen molar-refractivity contribution in [3.8, 4) is 22.3 Å². The molecule has 1 saturated heterocycles. The minimum atomic E-state index is -5.32. The molecule has 0 radical (unpaired) electrons. The molecule has 24 rings (SSSR count). The molecule has 22 atom stereocenters. The standard InChI is InChI=1S/C98H116F6N4O12/c1-15-61-49(7)85-81-53-21-19-23-55(37-53)89(111)115-59-33-35-93(11)57(39-59)41-75-83-67-29-27-65(95(67,13)77(43-69(83)93)119-91(113)97(99,100)101)48(6)26-32-80(110)118-76-42-58-40-60(34-36-94(58,12)70-44-78(120-92(114)98(102,103)104)96(14)66(28-30-68(96)84(70)76)47(5)25-31-79(109)117-75)116-90(112)56-24-20-22-54(38-56)82(87-50(8)62(16-2)72(106-87)45-71(61)105-85)88-52(10)64(18-4)74(108-88)46-73-63(17-3)51(9)86(81)107-73/h19-24,37-38,45-48,57-60,65-70,75-78,83-84,105,108H,15-18,25-36,39-44H2,1-14H3/t47-,48-,57-,58+,59-,60-,65+,66-,67+,68-,69+,70+,75+,76-,77+,78+,83+,84+,93-,94+,95-,96-/m0/s1. The molecule has 0 unspecified atom stereocenters. The molecule has 2 N–H and O–H groups in total. The van der Waals surface area contributed by atoms with Gasteiger partial charge in [-0.3, -0.25) is 9.59 Å². The maximum absolute atomic E-state index is 15.4. The minimum Gasteiger partial charge on any atom is -0.462 e. The number of rotatable bonds is 6. The van der Waals surface area contributed by atoms with Crippen LogP contribution in [0.3, 0.4) is 0 Å². The number of alkyl halides is 6. The highest BCUT2D eigenvalue weighted by Crippen LogP contribution is 2.72. The molecule has 2 aromatic carbocycles. The Kier molecular flexibility index (Phi) is 21.4. The smallest absolute Gasteiger partial charge is 0.462 e. The van der Waals surface area contributed by atoms with Crippen LogP contribution < -0.4 is 0 Å². The molecule has 32 bridgehead atoms. The van der Waals surface area contributed by atoms with Crippen molar-refractivity contribution in [2.24, 2.45) is 92.7 Å². The highest BCUT2D eigenvalue weighted by atomic mass is 19.4. The Hall–Kier alpha value is -8.56. The molecule has 0 amide bonds. The summed E-state index contributed by atoms with van der Waals surface area (Å²) in [6.07, 6.45) is -7.74. The number of ether oxygens (including phenoxy) is 6. The molecule has 22 heteroatoms. The summed E-state index contributed by atoms with van der Waals surface area (Å²) in [7, 11) is 0. The fourth-order valence-electron chi connectivity index (χ4n) is 27.8. The van der Waals surface area contributed by atoms with Crippen LogP contribution in [0.4, 0.5) is 26.3 Å². The maximum Gasteiger partial charge on any atom is 0.490 e. The second-order valence-corrected chi connectivity index (χ2v) is 39.1. The lowest BCUT2D eigenvalue weighted by Gasteiger charge is -2.64. The summed E-state index contributed by atoms with van der Waals surface area (Å²) in [5, 5.41) is 0. The van der Waals surface area contributed by atoms with E-state index in [1.165, 1.54) is 0 Å². The zero-order valence-electron chi connectivity index (χ0n) is 71.8. The van der Waals surface area contributed by atoms with Crippen molar-refractivity contribution in [1.82, 2.24) is 19.9 Å². The number of halogens is 6. The molecule has 8 saturated carbocycles. The van der Waals surface area contributed by atoms with E-state index < -0.39 is 142 Å². The Morgan fingerprint density at radius 3 is 1.22 bits per heavy atom. The first-order chi connectivity index (χ1) is 56.9. The molecule has 642 valence electrons. The van der Waals surface area contributed by atoms with Crippen molar-refractivity contribution in [1.29, 1.82) is 0 Å². The van der Waals surface area contributed by atoms with E-state index in [0.29, 0.717) is 114 Å². The number of hydrogen-bond donors (Lipinski definition) is 2. The van der Waals surface area contributed by atoms with Crippen molar-refractivity contribution in [2.75, 3.05) is 0 Å². The third-order valence-corrected chi connectivity index (χ3v) is 33.8. The number of hydrogen-bond acceptors (Lipinski definition) is 14. The van der Waals surface area contributed by atoms with E-state index in [9.17, 15) is 35.9 Å². The number of benzene rings is 2. The van der Waals surface area contributed by atoms with E-state index in [1.54, 1.807) is 12.1 Å². The van der Waals surface area contributed by atoms with E-state index in [1.807, 2.05) is 64.1 Å². The molecule has 0 spiro atoms. The largest absolute Gasteiger partial charge is 0.490 e. The Morgan fingerprint density at radius 1 is 0.475 bits per heavy atom. The predicted octanol–water partition coefficient (Wildman–Crippen LogP) is 22.5. The second kappa shape index (κ2) is 30.7. The SMILES string of the molecule is CCC1=C(C)c2nc1cc1[nH]c(c(C)c1CC)c1c3nc(cc4[nH]c(c(C)c4CC)c2-c2cccc(c2)C(=O)O[C@H]2CC[C@]4(C)[C@H](C2)C[C@@H]2OC(=O)CC[C@H](C)[C@H]5CC[C@@H]6[C@@H]7[C@@H](C[C@@H](OC(=O)C(F)(F)F)[C@]65C)[C@@]5(C)CC[C@@H](C[C@H]5C[C@H]7OC(=O)CC[C@H](C)[C@@H]5CC[C@H]6[C@@H]2[C@H]4C[C@@H](OC(=O)C(F)(F)F)[C@]65C)OC(=O)c2cccc-1c2)C(CC)=C3C. The summed E-state index contributed by atoms with van der Waals surface area (Å²) in [5.74, 6) is -11.3. The Labute approximate surface area is 699 Å². The minimum absolute atomic E-state index is 0.0330. The van der Waals surface area contributed by atoms with Crippen molar-refractivity contribution < 1.29 is 83.5 Å². The van der Waals surface area contributed by atoms with Gasteiger partial charge in [-0.2, -0.15) is 26.3 Å². The number of carbonyl (C=O) groups is 6. The van der Waals surface area contributed by atoms with Gasteiger partial charge in [-0.1, -0.05) is 93.5 Å². The van der Waals surface area contributed by atoms with Crippen molar-refractivity contribution in [3.05, 3.63) is 117 Å². The van der Waals surface area contributed by atoms with Gasteiger partial charge in [-0.15, -0.1) is 0 Å². The van der Waals surface area contributed by atoms with Crippen LogP contribution in [0.25, 0.3) is 66.6 Å². The first-order valence-corrected chi connectivity index (χ1v) is 44.7. The van der Waals surface area contributed by atoms with E-state index in [-0.39, 0.29) is 74.0 Å². The third kappa shape index (κ3) is 13.6. The van der Waals surface area contributed by atoms with E-state index in [4.69, 9.17) is 38.4 Å². The zero-order chi connectivity index (χ0) is 85.3. The summed E-state index contributed by atoms with van der Waals surface area (Å²) in [6.45, 7) is 29.2. The van der Waals surface area contributed by atoms with Gasteiger partial charge < -0.3 is 38.4 Å². The van der Waals surface area contributed by atoms with Gasteiger partial charge in [0, 0.05) is 57.7 Å². The van der Waals surface area contributed by atoms with Crippen LogP contribution in [0.1, 0.15) is 277 Å². The molecule has 5 aromatic rings. The molecular formula is C98H116F6N4O12. The van der Waals surface area contributed by atoms with Gasteiger partial charge in [0.25, 0.3) is 0 Å². The summed E-state index contributed by atoms with van der Waals surface area (Å²) >= 11 is 0. The first-order valence-electron chi connectivity index (χ1n) is 44.7. The van der Waals surface area contributed by atoms with Crippen LogP contribution in [0.15, 0.2) is 60.7 Å². The molecule has 3 aromatic heterocycles. The lowest BCUT2D eigenvalue weighted by atomic mass is 9.43. The van der Waals surface area contributed by atoms with Crippen molar-refractivity contribution in [3.63, 3.8) is 0 Å². The second-order valence-electron chi connectivity index (χ2n) is 39.1. The third-order valence-electron chi connectivity index (χ3n) is 33.8. The van der Waals surface area contributed by atoms with Gasteiger partial charge in [0.05, 0.1) is 44.9 Å². The summed E-state index contributed by atoms with van der Waals surface area (Å²) < 4.78 is 129. The number of aromatic amines is 2. The molecular weight excluding hydrogens is 1540 g/mol. The van der Waals surface area contributed by atoms with Crippen molar-refractivity contribution >= 4 is 80.2 Å². The monoisotopic (exact) mass is 1650 g/mol. The van der Waals surface area contributed by atoms with Crippen LogP contribution in [-0.4, -0.2) is 105 Å². The maximum atomic E-state index is 15.4. The van der Waals surface area contributed by atoms with Crippen LogP contribution >= 0.6 is 0 Å². The van der Waals surface area contributed by atoms with Crippen LogP contribution in [0.2, 0.25) is 0 Å². The summed E-state index contributed by atoms with van der Waals surface area (Å²) in [4.78, 5) is 108. The topological polar surface area (TPSA) is 215 Å². The number of fused-ring (bicyclic) bond motifs is 1. The van der Waals surface area contributed by atoms with Gasteiger partial charge in [0.2, 0.25) is 0 Å². The van der Waals surface area contributed by atoms with Crippen molar-refractivity contribution in [2.45, 2.75) is 287 Å². The van der Waals surface area contributed by atoms with E-state index in [0.717, 1.165) is 112 Å². The number of carbonyl (C=O) groups excluding carboxylic acids is 6. The Morgan fingerprint density at radius 2 is 0.850 bits per heavy atom. The fourth-order valence-corrected chi connectivity index (χ4v) is 27.8. The highest BCUT2D eigenvalue weighted by molar-refractivity contribution is 6.05. The van der Waals surface area contributed by atoms with Gasteiger partial charge in [-0.05, 0) is 318 Å². The molecule has 11 aliphatic heterocycles. The lowest BCUT2D eigenvalue weighted by molar-refractivity contribution is -0.243. The molecule has 9 fully saturated rings. The molecule has 120 heavy (non-hydrogen) atoms.